The number of rotatable bonds is 4. The number of hydrogen-bond donors (Lipinski definition) is 3. The van der Waals surface area contributed by atoms with Crippen LogP contribution in [0.2, 0.25) is 0 Å². The Bertz CT molecular complexity index is 435. The van der Waals surface area contributed by atoms with Crippen LogP contribution in [0.3, 0.4) is 0 Å². The number of anilines is 1. The minimum Gasteiger partial charge on any atom is -0.399 e. The lowest BCUT2D eigenvalue weighted by atomic mass is 10.1. The van der Waals surface area contributed by atoms with Gasteiger partial charge in [-0.1, -0.05) is 12.1 Å². The summed E-state index contributed by atoms with van der Waals surface area (Å²) in [4.78, 5) is 13.2. The number of hydrogen-bond acceptors (Lipinski definition) is 5. The maximum atomic E-state index is 11.3. The van der Waals surface area contributed by atoms with Crippen molar-refractivity contribution >= 4 is 11.6 Å². The molecule has 6 nitrogen and oxygen atoms in total. The van der Waals surface area contributed by atoms with Crippen LogP contribution in [0.4, 0.5) is 5.69 Å². The summed E-state index contributed by atoms with van der Waals surface area (Å²) in [7, 11) is 0. The van der Waals surface area contributed by atoms with Gasteiger partial charge in [0.2, 0.25) is 5.91 Å². The van der Waals surface area contributed by atoms with Crippen molar-refractivity contribution in [2.24, 2.45) is 5.73 Å². The molecule has 0 spiro atoms. The molecule has 104 valence electrons. The van der Waals surface area contributed by atoms with Crippen molar-refractivity contribution in [3.05, 3.63) is 29.8 Å². The topological polar surface area (TPSA) is 102 Å². The van der Waals surface area contributed by atoms with Gasteiger partial charge < -0.3 is 21.3 Å². The van der Waals surface area contributed by atoms with E-state index in [1.807, 2.05) is 4.90 Å². The lowest BCUT2D eigenvalue weighted by molar-refractivity contribution is -0.130. The molecule has 2 atom stereocenters. The van der Waals surface area contributed by atoms with Crippen LogP contribution < -0.4 is 11.5 Å². The van der Waals surface area contributed by atoms with Crippen molar-refractivity contribution in [1.29, 1.82) is 0 Å². The fourth-order valence-electron chi connectivity index (χ4n) is 2.16. The predicted octanol–water partition coefficient (Wildman–Crippen LogP) is -0.512. The Morgan fingerprint density at radius 1 is 1.47 bits per heavy atom. The van der Waals surface area contributed by atoms with Gasteiger partial charge in [0, 0.05) is 18.8 Å². The van der Waals surface area contributed by atoms with Crippen LogP contribution in [0, 0.1) is 0 Å². The molecule has 1 aliphatic heterocycles. The molecular weight excluding hydrogens is 246 g/mol. The molecule has 6 heteroatoms. The number of benzene rings is 1. The van der Waals surface area contributed by atoms with Crippen LogP contribution in [0.15, 0.2) is 24.3 Å². The molecule has 2 rings (SSSR count). The second kappa shape index (κ2) is 6.01. The molecule has 0 aliphatic carbocycles. The highest BCUT2D eigenvalue weighted by molar-refractivity contribution is 5.80. The molecule has 19 heavy (non-hydrogen) atoms. The van der Waals surface area contributed by atoms with Crippen molar-refractivity contribution in [1.82, 2.24) is 4.90 Å². The summed E-state index contributed by atoms with van der Waals surface area (Å²) in [6.07, 6.45) is -0.680. The molecule has 1 fully saturated rings. The van der Waals surface area contributed by atoms with E-state index in [-0.39, 0.29) is 6.61 Å². The van der Waals surface area contributed by atoms with Gasteiger partial charge in [-0.05, 0) is 17.7 Å². The van der Waals surface area contributed by atoms with Crippen LogP contribution in [0.5, 0.6) is 0 Å². The first kappa shape index (κ1) is 13.8. The predicted molar refractivity (Wildman–Crippen MR) is 71.2 cm³/mol. The molecule has 0 saturated carbocycles. The van der Waals surface area contributed by atoms with Gasteiger partial charge in [-0.3, -0.25) is 9.69 Å². The van der Waals surface area contributed by atoms with Crippen molar-refractivity contribution in [3.8, 4) is 0 Å². The molecular formula is C13H19N3O3. The van der Waals surface area contributed by atoms with Gasteiger partial charge in [-0.25, -0.2) is 0 Å². The Balaban J connectivity index is 2.02. The summed E-state index contributed by atoms with van der Waals surface area (Å²) >= 11 is 0. The Hall–Kier alpha value is -1.63. The number of carbonyl (C=O) groups is 1. The van der Waals surface area contributed by atoms with Gasteiger partial charge in [0.25, 0.3) is 0 Å². The van der Waals surface area contributed by atoms with Gasteiger partial charge in [0.1, 0.15) is 6.04 Å². The molecule has 0 aromatic heterocycles. The van der Waals surface area contributed by atoms with E-state index in [0.29, 0.717) is 25.4 Å². The Morgan fingerprint density at radius 2 is 2.16 bits per heavy atom. The van der Waals surface area contributed by atoms with E-state index in [9.17, 15) is 9.90 Å². The minimum atomic E-state index is -0.680. The average molecular weight is 265 g/mol. The quantitative estimate of drug-likeness (QED) is 0.636. The molecule has 1 aliphatic rings. The largest absolute Gasteiger partial charge is 0.399 e. The molecule has 2 unspecified atom stereocenters. The van der Waals surface area contributed by atoms with Crippen LogP contribution in [0.1, 0.15) is 11.7 Å². The zero-order valence-corrected chi connectivity index (χ0v) is 10.7. The Labute approximate surface area is 111 Å². The summed E-state index contributed by atoms with van der Waals surface area (Å²) in [6.45, 7) is 1.75. The van der Waals surface area contributed by atoms with E-state index in [0.717, 1.165) is 5.56 Å². The summed E-state index contributed by atoms with van der Waals surface area (Å²) in [5.74, 6) is -0.427. The number of aliphatic hydroxyl groups excluding tert-OH is 1. The standard InChI is InChI=1S/C13H19N3O3/c14-10-3-1-9(2-4-10)12(17)7-16-5-6-19-8-11(16)13(15)18/h1-4,11-12,17H,5-8,14H2,(H2,15,18). The maximum Gasteiger partial charge on any atom is 0.237 e. The lowest BCUT2D eigenvalue weighted by Gasteiger charge is -2.34. The zero-order valence-electron chi connectivity index (χ0n) is 10.7. The molecule has 0 bridgehead atoms. The molecule has 1 amide bonds. The van der Waals surface area contributed by atoms with E-state index in [1.165, 1.54) is 0 Å². The van der Waals surface area contributed by atoms with Crippen molar-refractivity contribution in [3.63, 3.8) is 0 Å². The smallest absolute Gasteiger partial charge is 0.237 e. The molecule has 1 aromatic rings. The fourth-order valence-corrected chi connectivity index (χ4v) is 2.16. The van der Waals surface area contributed by atoms with Crippen LogP contribution in [0.25, 0.3) is 0 Å². The second-order valence-electron chi connectivity index (χ2n) is 4.67. The van der Waals surface area contributed by atoms with E-state index in [1.54, 1.807) is 24.3 Å². The number of carbonyl (C=O) groups excluding carboxylic acids is 1. The van der Waals surface area contributed by atoms with Gasteiger partial charge in [-0.2, -0.15) is 0 Å². The number of nitrogens with two attached hydrogens (primary N) is 2. The van der Waals surface area contributed by atoms with Crippen molar-refractivity contribution < 1.29 is 14.6 Å². The fraction of sp³-hybridized carbons (Fsp3) is 0.462. The second-order valence-corrected chi connectivity index (χ2v) is 4.67. The number of nitrogen functional groups attached to an aromatic ring is 1. The number of primary amides is 1. The van der Waals surface area contributed by atoms with Crippen molar-refractivity contribution in [2.75, 3.05) is 32.0 Å². The van der Waals surface area contributed by atoms with Gasteiger partial charge in [0.05, 0.1) is 19.3 Å². The molecule has 1 saturated heterocycles. The third-order valence-electron chi connectivity index (χ3n) is 3.30. The van der Waals surface area contributed by atoms with Crippen molar-refractivity contribution in [2.45, 2.75) is 12.1 Å². The van der Waals surface area contributed by atoms with Gasteiger partial charge >= 0.3 is 0 Å². The number of morpholine rings is 1. The highest BCUT2D eigenvalue weighted by Gasteiger charge is 2.29. The summed E-state index contributed by atoms with van der Waals surface area (Å²) in [5.41, 5.74) is 12.4. The highest BCUT2D eigenvalue weighted by Crippen LogP contribution is 2.18. The number of aliphatic hydroxyl groups is 1. The number of nitrogens with zero attached hydrogens (tertiary/aromatic N) is 1. The van der Waals surface area contributed by atoms with E-state index in [2.05, 4.69) is 0 Å². The van der Waals surface area contributed by atoms with E-state index < -0.39 is 18.1 Å². The summed E-state index contributed by atoms with van der Waals surface area (Å²) < 4.78 is 5.24. The van der Waals surface area contributed by atoms with Crippen LogP contribution in [-0.2, 0) is 9.53 Å². The Kier molecular flexibility index (Phi) is 4.36. The highest BCUT2D eigenvalue weighted by atomic mass is 16.5. The third-order valence-corrected chi connectivity index (χ3v) is 3.30. The number of ether oxygens (including phenoxy) is 1. The average Bonchev–Trinajstić information content (AvgIpc) is 2.39. The summed E-state index contributed by atoms with van der Waals surface area (Å²) in [5, 5.41) is 10.2. The molecule has 5 N–H and O–H groups in total. The molecule has 1 heterocycles. The van der Waals surface area contributed by atoms with E-state index in [4.69, 9.17) is 16.2 Å². The van der Waals surface area contributed by atoms with Crippen LogP contribution in [-0.4, -0.2) is 48.3 Å². The van der Waals surface area contributed by atoms with Gasteiger partial charge in [0.15, 0.2) is 0 Å². The first-order valence-corrected chi connectivity index (χ1v) is 6.22. The van der Waals surface area contributed by atoms with Crippen LogP contribution >= 0.6 is 0 Å². The molecule has 1 aromatic carbocycles. The van der Waals surface area contributed by atoms with Gasteiger partial charge in [-0.15, -0.1) is 0 Å². The lowest BCUT2D eigenvalue weighted by Crippen LogP contribution is -2.53. The minimum absolute atomic E-state index is 0.282. The maximum absolute atomic E-state index is 11.3. The van der Waals surface area contributed by atoms with E-state index >= 15 is 0 Å². The Morgan fingerprint density at radius 3 is 2.79 bits per heavy atom. The first-order chi connectivity index (χ1) is 9.08. The number of amides is 1. The summed E-state index contributed by atoms with van der Waals surface area (Å²) in [6, 6.07) is 6.56. The first-order valence-electron chi connectivity index (χ1n) is 6.22. The monoisotopic (exact) mass is 265 g/mol. The number of β-amino-alcohol motifs (C(OH)–C–C–N with tert-alkyl or cyclic N) is 1. The zero-order chi connectivity index (χ0) is 13.8. The SMILES string of the molecule is NC(=O)C1COCCN1CC(O)c1ccc(N)cc1. The molecule has 0 radical (unpaired) electrons. The third kappa shape index (κ3) is 3.44. The normalized spacial score (nSPS) is 22.1.